The van der Waals surface area contributed by atoms with Crippen molar-refractivity contribution in [3.8, 4) is 0 Å². The highest BCUT2D eigenvalue weighted by atomic mass is 19.4. The van der Waals surface area contributed by atoms with Gasteiger partial charge in [-0.2, -0.15) is 13.2 Å². The Kier molecular flexibility index (Phi) is 5.53. The zero-order chi connectivity index (χ0) is 20.6. The van der Waals surface area contributed by atoms with Gasteiger partial charge in [0, 0.05) is 46.1 Å². The fourth-order valence-corrected chi connectivity index (χ4v) is 3.97. The van der Waals surface area contributed by atoms with E-state index >= 15 is 0 Å². The highest BCUT2D eigenvalue weighted by Crippen LogP contribution is 2.29. The number of rotatable bonds is 2. The lowest BCUT2D eigenvalue weighted by molar-refractivity contribution is -0.147. The van der Waals surface area contributed by atoms with E-state index in [2.05, 4.69) is 5.10 Å². The molecule has 8 nitrogen and oxygen atoms in total. The summed E-state index contributed by atoms with van der Waals surface area (Å²) in [6.07, 6.45) is -2.69. The van der Waals surface area contributed by atoms with Crippen LogP contribution in [0.2, 0.25) is 0 Å². The zero-order valence-electron chi connectivity index (χ0n) is 15.9. The van der Waals surface area contributed by atoms with E-state index in [4.69, 9.17) is 0 Å². The van der Waals surface area contributed by atoms with Crippen LogP contribution in [-0.4, -0.2) is 62.1 Å². The number of aromatic nitrogens is 3. The molecule has 0 bridgehead atoms. The van der Waals surface area contributed by atoms with Gasteiger partial charge in [0.25, 0.3) is 0 Å². The molecule has 2 aliphatic heterocycles. The summed E-state index contributed by atoms with van der Waals surface area (Å²) in [5.41, 5.74) is -0.797. The molecule has 0 spiro atoms. The lowest BCUT2D eigenvalue weighted by Crippen LogP contribution is -2.47. The predicted octanol–water partition coefficient (Wildman–Crippen LogP) is 1.02. The molecule has 2 amide bonds. The Bertz CT molecular complexity index is 800. The number of alkyl halides is 3. The van der Waals surface area contributed by atoms with Gasteiger partial charge in [0.1, 0.15) is 0 Å². The number of carbonyl (C=O) groups excluding carboxylic acids is 2. The van der Waals surface area contributed by atoms with Crippen molar-refractivity contribution in [3.05, 3.63) is 16.3 Å². The Morgan fingerprint density at radius 2 is 1.54 bits per heavy atom. The van der Waals surface area contributed by atoms with E-state index in [1.54, 1.807) is 9.80 Å². The number of carbonyl (C=O) groups is 2. The lowest BCUT2D eigenvalue weighted by atomic mass is 9.94. The van der Waals surface area contributed by atoms with Gasteiger partial charge in [-0.25, -0.2) is 9.48 Å². The summed E-state index contributed by atoms with van der Waals surface area (Å²) in [5, 5.41) is 3.49. The van der Waals surface area contributed by atoms with Gasteiger partial charge in [-0.3, -0.25) is 14.2 Å². The molecule has 0 aliphatic carbocycles. The topological polar surface area (TPSA) is 80.4 Å². The normalized spacial score (nSPS) is 19.9. The molecule has 0 unspecified atom stereocenters. The third kappa shape index (κ3) is 3.93. The molecule has 3 rings (SSSR count). The third-order valence-electron chi connectivity index (χ3n) is 5.67. The summed E-state index contributed by atoms with van der Waals surface area (Å²) in [7, 11) is 1.06. The fourth-order valence-electron chi connectivity index (χ4n) is 3.97. The Balaban J connectivity index is 1.60. The molecule has 1 aromatic rings. The molecule has 3 heterocycles. The first-order valence-corrected chi connectivity index (χ1v) is 9.36. The Labute approximate surface area is 159 Å². The summed E-state index contributed by atoms with van der Waals surface area (Å²) < 4.78 is 40.3. The minimum atomic E-state index is -4.69. The summed E-state index contributed by atoms with van der Waals surface area (Å²) in [4.78, 5) is 39.7. The second-order valence-electron chi connectivity index (χ2n) is 7.44. The Morgan fingerprint density at radius 3 is 2.00 bits per heavy atom. The van der Waals surface area contributed by atoms with Crippen molar-refractivity contribution >= 4 is 11.8 Å². The maximum absolute atomic E-state index is 12.9. The molecular formula is C17H24F3N5O3. The van der Waals surface area contributed by atoms with E-state index in [0.717, 1.165) is 11.7 Å². The second kappa shape index (κ2) is 7.59. The first-order chi connectivity index (χ1) is 13.1. The molecule has 0 N–H and O–H groups in total. The Morgan fingerprint density at radius 1 is 1.00 bits per heavy atom. The number of hydrogen-bond acceptors (Lipinski definition) is 4. The highest BCUT2D eigenvalue weighted by Gasteiger charge is 2.39. The van der Waals surface area contributed by atoms with Crippen molar-refractivity contribution in [2.75, 3.05) is 26.2 Å². The standard InChI is InChI=1S/C17H24F3N5O3/c1-11(26)23-7-3-12(4-8-23)14(27)24-9-5-13(6-10-24)25-16(28)22(2)15(21-25)17(18,19)20/h12-13H,3-10H2,1-2H3. The van der Waals surface area contributed by atoms with Gasteiger partial charge in [0.05, 0.1) is 6.04 Å². The van der Waals surface area contributed by atoms with Gasteiger partial charge in [0.15, 0.2) is 0 Å². The second-order valence-corrected chi connectivity index (χ2v) is 7.44. The van der Waals surface area contributed by atoms with Crippen LogP contribution < -0.4 is 5.69 Å². The maximum Gasteiger partial charge on any atom is 0.451 e. The number of hydrogen-bond donors (Lipinski definition) is 0. The van der Waals surface area contributed by atoms with E-state index < -0.39 is 23.7 Å². The van der Waals surface area contributed by atoms with Crippen LogP contribution in [-0.2, 0) is 22.8 Å². The Hall–Kier alpha value is -2.33. The minimum Gasteiger partial charge on any atom is -0.343 e. The molecule has 2 fully saturated rings. The van der Waals surface area contributed by atoms with Crippen molar-refractivity contribution in [2.45, 2.75) is 44.8 Å². The molecule has 0 radical (unpaired) electrons. The van der Waals surface area contributed by atoms with Crippen LogP contribution in [0, 0.1) is 5.92 Å². The molecule has 0 saturated carbocycles. The van der Waals surface area contributed by atoms with Crippen molar-refractivity contribution in [1.29, 1.82) is 0 Å². The number of nitrogens with zero attached hydrogens (tertiary/aromatic N) is 5. The van der Waals surface area contributed by atoms with Crippen molar-refractivity contribution in [2.24, 2.45) is 13.0 Å². The molecule has 28 heavy (non-hydrogen) atoms. The first kappa shape index (κ1) is 20.4. The highest BCUT2D eigenvalue weighted by molar-refractivity contribution is 5.79. The van der Waals surface area contributed by atoms with Gasteiger partial charge in [-0.1, -0.05) is 0 Å². The van der Waals surface area contributed by atoms with Crippen LogP contribution in [0.3, 0.4) is 0 Å². The van der Waals surface area contributed by atoms with Crippen LogP contribution in [0.5, 0.6) is 0 Å². The monoisotopic (exact) mass is 403 g/mol. The first-order valence-electron chi connectivity index (χ1n) is 9.36. The van der Waals surface area contributed by atoms with Crippen LogP contribution in [0.15, 0.2) is 4.79 Å². The maximum atomic E-state index is 12.9. The van der Waals surface area contributed by atoms with Crippen LogP contribution >= 0.6 is 0 Å². The zero-order valence-corrected chi connectivity index (χ0v) is 15.9. The van der Waals surface area contributed by atoms with E-state index in [9.17, 15) is 27.6 Å². The largest absolute Gasteiger partial charge is 0.451 e. The van der Waals surface area contributed by atoms with E-state index in [0.29, 0.717) is 56.4 Å². The number of halogens is 3. The minimum absolute atomic E-state index is 0.00532. The molecular weight excluding hydrogens is 379 g/mol. The van der Waals surface area contributed by atoms with Crippen LogP contribution in [0.4, 0.5) is 13.2 Å². The molecule has 2 saturated heterocycles. The van der Waals surface area contributed by atoms with E-state index in [1.807, 2.05) is 0 Å². The van der Waals surface area contributed by atoms with Crippen LogP contribution in [0.1, 0.15) is 44.5 Å². The van der Waals surface area contributed by atoms with Gasteiger partial charge in [0.2, 0.25) is 17.6 Å². The summed E-state index contributed by atoms with van der Waals surface area (Å²) >= 11 is 0. The lowest BCUT2D eigenvalue weighted by Gasteiger charge is -2.37. The summed E-state index contributed by atoms with van der Waals surface area (Å²) in [5.74, 6) is -1.33. The molecule has 11 heteroatoms. The average molecular weight is 403 g/mol. The van der Waals surface area contributed by atoms with Gasteiger partial charge in [-0.15, -0.1) is 5.10 Å². The number of likely N-dealkylation sites (tertiary alicyclic amines) is 2. The summed E-state index contributed by atoms with van der Waals surface area (Å²) in [6.45, 7) is 3.38. The molecule has 0 aromatic carbocycles. The molecule has 1 aromatic heterocycles. The molecule has 2 aliphatic rings. The average Bonchev–Trinajstić information content (AvgIpc) is 2.97. The van der Waals surface area contributed by atoms with Crippen molar-refractivity contribution < 1.29 is 22.8 Å². The van der Waals surface area contributed by atoms with Crippen LogP contribution in [0.25, 0.3) is 0 Å². The smallest absolute Gasteiger partial charge is 0.343 e. The number of piperidine rings is 2. The van der Waals surface area contributed by atoms with Gasteiger partial charge >= 0.3 is 11.9 Å². The van der Waals surface area contributed by atoms with E-state index in [1.165, 1.54) is 6.92 Å². The van der Waals surface area contributed by atoms with Gasteiger partial charge < -0.3 is 9.80 Å². The fraction of sp³-hybridized carbons (Fsp3) is 0.765. The SMILES string of the molecule is CC(=O)N1CCC(C(=O)N2CCC(n3nc(C(F)(F)F)n(C)c3=O)CC2)CC1. The molecule has 0 atom stereocenters. The van der Waals surface area contributed by atoms with Gasteiger partial charge in [-0.05, 0) is 25.7 Å². The van der Waals surface area contributed by atoms with Crippen molar-refractivity contribution in [3.63, 3.8) is 0 Å². The van der Waals surface area contributed by atoms with E-state index in [-0.39, 0.29) is 17.7 Å². The molecule has 156 valence electrons. The predicted molar refractivity (Wildman–Crippen MR) is 92.3 cm³/mol. The quantitative estimate of drug-likeness (QED) is 0.739. The summed E-state index contributed by atoms with van der Waals surface area (Å²) in [6, 6.07) is -0.460. The number of amides is 2. The third-order valence-corrected chi connectivity index (χ3v) is 5.67. The van der Waals surface area contributed by atoms with Crippen molar-refractivity contribution in [1.82, 2.24) is 24.1 Å².